The third-order valence-corrected chi connectivity index (χ3v) is 4.42. The SMILES string of the molecule is CCCCNC(=O)NS(=O)(=O)c1cc(N)c(Br)cc1F. The number of sulfonamides is 1. The first-order valence-electron chi connectivity index (χ1n) is 5.83. The molecule has 6 nitrogen and oxygen atoms in total. The molecule has 9 heteroatoms. The molecular weight excluding hydrogens is 353 g/mol. The molecule has 4 N–H and O–H groups in total. The maximum atomic E-state index is 13.6. The highest BCUT2D eigenvalue weighted by Crippen LogP contribution is 2.25. The first-order chi connectivity index (χ1) is 9.27. The molecule has 0 aromatic heterocycles. The van der Waals surface area contributed by atoms with Crippen LogP contribution in [-0.2, 0) is 10.0 Å². The molecule has 2 amide bonds. The number of rotatable bonds is 5. The summed E-state index contributed by atoms with van der Waals surface area (Å²) in [7, 11) is -4.30. The van der Waals surface area contributed by atoms with Gasteiger partial charge in [-0.15, -0.1) is 0 Å². The number of anilines is 1. The lowest BCUT2D eigenvalue weighted by atomic mass is 10.3. The van der Waals surface area contributed by atoms with Crippen LogP contribution in [0, 0.1) is 5.82 Å². The summed E-state index contributed by atoms with van der Waals surface area (Å²) < 4.78 is 39.4. The van der Waals surface area contributed by atoms with E-state index in [-0.39, 0.29) is 10.2 Å². The summed E-state index contributed by atoms with van der Waals surface area (Å²) in [6.45, 7) is 2.26. The van der Waals surface area contributed by atoms with Gasteiger partial charge in [-0.25, -0.2) is 22.3 Å². The summed E-state index contributed by atoms with van der Waals surface area (Å²) in [6, 6.07) is 0.972. The molecule has 1 rings (SSSR count). The van der Waals surface area contributed by atoms with Crippen LogP contribution in [0.15, 0.2) is 21.5 Å². The van der Waals surface area contributed by atoms with Crippen LogP contribution in [0.2, 0.25) is 0 Å². The molecule has 0 aliphatic rings. The van der Waals surface area contributed by atoms with E-state index in [1.807, 2.05) is 6.92 Å². The molecule has 0 fully saturated rings. The maximum Gasteiger partial charge on any atom is 0.328 e. The van der Waals surface area contributed by atoms with E-state index in [0.29, 0.717) is 13.0 Å². The van der Waals surface area contributed by atoms with Crippen molar-refractivity contribution in [3.8, 4) is 0 Å². The topological polar surface area (TPSA) is 101 Å². The third-order valence-electron chi connectivity index (χ3n) is 2.38. The number of carbonyl (C=O) groups is 1. The van der Waals surface area contributed by atoms with Crippen molar-refractivity contribution in [3.63, 3.8) is 0 Å². The highest BCUT2D eigenvalue weighted by atomic mass is 79.9. The van der Waals surface area contributed by atoms with E-state index in [2.05, 4.69) is 21.2 Å². The lowest BCUT2D eigenvalue weighted by Crippen LogP contribution is -2.40. The minimum Gasteiger partial charge on any atom is -0.398 e. The van der Waals surface area contributed by atoms with E-state index in [9.17, 15) is 17.6 Å². The van der Waals surface area contributed by atoms with E-state index < -0.39 is 26.8 Å². The number of hydrogen-bond acceptors (Lipinski definition) is 4. The molecule has 0 radical (unpaired) electrons. The van der Waals surface area contributed by atoms with Crippen LogP contribution in [0.4, 0.5) is 14.9 Å². The zero-order valence-corrected chi connectivity index (χ0v) is 13.1. The molecule has 0 aliphatic carbocycles. The fourth-order valence-electron chi connectivity index (χ4n) is 1.34. The fraction of sp³-hybridized carbons (Fsp3) is 0.364. The molecule has 1 aromatic rings. The fourth-order valence-corrected chi connectivity index (χ4v) is 2.68. The molecule has 0 atom stereocenters. The Morgan fingerprint density at radius 3 is 2.70 bits per heavy atom. The van der Waals surface area contributed by atoms with E-state index in [0.717, 1.165) is 18.6 Å². The number of benzene rings is 1. The van der Waals surface area contributed by atoms with E-state index >= 15 is 0 Å². The van der Waals surface area contributed by atoms with Gasteiger partial charge < -0.3 is 11.1 Å². The summed E-state index contributed by atoms with van der Waals surface area (Å²) >= 11 is 2.98. The van der Waals surface area contributed by atoms with Gasteiger partial charge in [0, 0.05) is 16.7 Å². The number of amides is 2. The first kappa shape index (κ1) is 16.7. The van der Waals surface area contributed by atoms with Crippen molar-refractivity contribution in [3.05, 3.63) is 22.4 Å². The molecule has 0 aliphatic heterocycles. The number of nitrogens with two attached hydrogens (primary N) is 1. The van der Waals surface area contributed by atoms with Gasteiger partial charge in [-0.3, -0.25) is 0 Å². The number of hydrogen-bond donors (Lipinski definition) is 3. The Hall–Kier alpha value is -1.35. The second-order valence-corrected chi connectivity index (χ2v) is 6.52. The Morgan fingerprint density at radius 1 is 1.45 bits per heavy atom. The Labute approximate surface area is 125 Å². The zero-order chi connectivity index (χ0) is 15.3. The van der Waals surface area contributed by atoms with Gasteiger partial charge in [0.2, 0.25) is 0 Å². The van der Waals surface area contributed by atoms with Gasteiger partial charge >= 0.3 is 6.03 Å². The normalized spacial score (nSPS) is 11.2. The van der Waals surface area contributed by atoms with Crippen LogP contribution < -0.4 is 15.8 Å². The van der Waals surface area contributed by atoms with Crippen molar-refractivity contribution in [2.45, 2.75) is 24.7 Å². The van der Waals surface area contributed by atoms with Gasteiger partial charge in [0.15, 0.2) is 0 Å². The minimum atomic E-state index is -4.30. The van der Waals surface area contributed by atoms with Crippen molar-refractivity contribution >= 4 is 37.7 Å². The molecule has 0 heterocycles. The van der Waals surface area contributed by atoms with Crippen molar-refractivity contribution < 1.29 is 17.6 Å². The summed E-state index contributed by atoms with van der Waals surface area (Å²) in [5.74, 6) is -1.00. The minimum absolute atomic E-state index is 0.0539. The molecule has 20 heavy (non-hydrogen) atoms. The van der Waals surface area contributed by atoms with Crippen LogP contribution in [-0.4, -0.2) is 21.0 Å². The first-order valence-corrected chi connectivity index (χ1v) is 8.10. The van der Waals surface area contributed by atoms with Crippen LogP contribution in [0.25, 0.3) is 0 Å². The van der Waals surface area contributed by atoms with Gasteiger partial charge in [-0.05, 0) is 34.5 Å². The standard InChI is InChI=1S/C11H15BrFN3O3S/c1-2-3-4-15-11(17)16-20(18,19)10-6-9(14)7(12)5-8(10)13/h5-6H,2-4,14H2,1H3,(H2,15,16,17). The Bertz CT molecular complexity index is 607. The predicted octanol–water partition coefficient (Wildman–Crippen LogP) is 1.96. The van der Waals surface area contributed by atoms with Gasteiger partial charge in [-0.1, -0.05) is 13.3 Å². The Kier molecular flexibility index (Phi) is 5.75. The summed E-state index contributed by atoms with van der Waals surface area (Å²) in [6.07, 6.45) is 1.57. The molecule has 1 aromatic carbocycles. The van der Waals surface area contributed by atoms with E-state index in [1.54, 1.807) is 4.72 Å². The van der Waals surface area contributed by atoms with Gasteiger partial charge in [0.05, 0.1) is 0 Å². The number of nitrogen functional groups attached to an aromatic ring is 1. The van der Waals surface area contributed by atoms with Crippen LogP contribution in [0.5, 0.6) is 0 Å². The molecule has 0 spiro atoms. The molecule has 112 valence electrons. The summed E-state index contributed by atoms with van der Waals surface area (Å²) in [5.41, 5.74) is 5.56. The lowest BCUT2D eigenvalue weighted by molar-refractivity contribution is 0.245. The predicted molar refractivity (Wildman–Crippen MR) is 77.1 cm³/mol. The number of halogens is 2. The van der Waals surface area contributed by atoms with Crippen molar-refractivity contribution in [1.82, 2.24) is 10.0 Å². The molecular formula is C11H15BrFN3O3S. The van der Waals surface area contributed by atoms with Gasteiger partial charge in [0.25, 0.3) is 10.0 Å². The smallest absolute Gasteiger partial charge is 0.328 e. The van der Waals surface area contributed by atoms with Gasteiger partial charge in [-0.2, -0.15) is 0 Å². The number of urea groups is 1. The molecule has 0 bridgehead atoms. The highest BCUT2D eigenvalue weighted by Gasteiger charge is 2.22. The summed E-state index contributed by atoms with van der Waals surface area (Å²) in [4.78, 5) is 10.7. The van der Waals surface area contributed by atoms with Crippen LogP contribution >= 0.6 is 15.9 Å². The Morgan fingerprint density at radius 2 is 2.10 bits per heavy atom. The summed E-state index contributed by atoms with van der Waals surface area (Å²) in [5, 5.41) is 2.36. The van der Waals surface area contributed by atoms with Gasteiger partial charge in [0.1, 0.15) is 10.7 Å². The number of nitrogens with one attached hydrogen (secondary N) is 2. The van der Waals surface area contributed by atoms with Crippen molar-refractivity contribution in [2.75, 3.05) is 12.3 Å². The third kappa shape index (κ3) is 4.34. The number of carbonyl (C=O) groups excluding carboxylic acids is 1. The molecule has 0 saturated heterocycles. The quantitative estimate of drug-likeness (QED) is 0.546. The van der Waals surface area contributed by atoms with E-state index in [1.165, 1.54) is 0 Å². The maximum absolute atomic E-state index is 13.6. The van der Waals surface area contributed by atoms with Crippen molar-refractivity contribution in [1.29, 1.82) is 0 Å². The van der Waals surface area contributed by atoms with E-state index in [4.69, 9.17) is 5.73 Å². The second-order valence-electron chi connectivity index (χ2n) is 4.02. The second kappa shape index (κ2) is 6.89. The average molecular weight is 368 g/mol. The lowest BCUT2D eigenvalue weighted by Gasteiger charge is -2.10. The van der Waals surface area contributed by atoms with Crippen LogP contribution in [0.3, 0.4) is 0 Å². The van der Waals surface area contributed by atoms with Crippen LogP contribution in [0.1, 0.15) is 19.8 Å². The number of unbranched alkanes of at least 4 members (excludes halogenated alkanes) is 1. The largest absolute Gasteiger partial charge is 0.398 e. The monoisotopic (exact) mass is 367 g/mol. The molecule has 0 unspecified atom stereocenters. The highest BCUT2D eigenvalue weighted by molar-refractivity contribution is 9.10. The zero-order valence-electron chi connectivity index (χ0n) is 10.7. The van der Waals surface area contributed by atoms with Crippen molar-refractivity contribution in [2.24, 2.45) is 0 Å². The molecule has 0 saturated carbocycles. The average Bonchev–Trinajstić information content (AvgIpc) is 2.33. The Balaban J connectivity index is 2.89.